The fourth-order valence-electron chi connectivity index (χ4n) is 4.81. The molecule has 33 heavy (non-hydrogen) atoms. The van der Waals surface area contributed by atoms with E-state index in [9.17, 15) is 0 Å². The second-order valence-electron chi connectivity index (χ2n) is 9.99. The smallest absolute Gasteiger partial charge is 0.182 e. The third kappa shape index (κ3) is 3.73. The quantitative estimate of drug-likeness (QED) is 0.317. The van der Waals surface area contributed by atoms with Gasteiger partial charge in [-0.25, -0.2) is 14.5 Å². The lowest BCUT2D eigenvalue weighted by Gasteiger charge is -2.33. The number of aryl methyl sites for hydroxylation is 1. The van der Waals surface area contributed by atoms with Gasteiger partial charge in [-0.15, -0.1) is 16.4 Å². The van der Waals surface area contributed by atoms with Crippen molar-refractivity contribution in [2.75, 3.05) is 0 Å². The topological polar surface area (TPSA) is 60.9 Å². The molecule has 0 bridgehead atoms. The van der Waals surface area contributed by atoms with E-state index in [1.54, 1.807) is 12.5 Å². The molecule has 0 saturated carbocycles. The van der Waals surface area contributed by atoms with Crippen molar-refractivity contribution in [1.29, 1.82) is 0 Å². The summed E-state index contributed by atoms with van der Waals surface area (Å²) < 4.78 is 3.66. The maximum Gasteiger partial charge on any atom is 0.182 e. The summed E-state index contributed by atoms with van der Waals surface area (Å²) in [5.74, 6) is 1.43. The van der Waals surface area contributed by atoms with E-state index in [1.165, 1.54) is 22.2 Å². The molecule has 4 aromatic heterocycles. The van der Waals surface area contributed by atoms with Gasteiger partial charge in [0, 0.05) is 16.6 Å². The molecule has 6 rings (SSSR count). The van der Waals surface area contributed by atoms with Crippen LogP contribution in [0.15, 0.2) is 43.0 Å². The molecular formula is C25H25ClN6S. The lowest BCUT2D eigenvalue weighted by Crippen LogP contribution is -2.26. The van der Waals surface area contributed by atoms with Gasteiger partial charge >= 0.3 is 0 Å². The SMILES string of the molecule is CC(C)(C)C1CCc2c(sc3ncn4nc(-c5ccc(Cn6cc(Cl)cn6)cc5)nc4c23)C1. The summed E-state index contributed by atoms with van der Waals surface area (Å²) in [4.78, 5) is 12.2. The number of benzene rings is 1. The predicted molar refractivity (Wildman–Crippen MR) is 133 cm³/mol. The van der Waals surface area contributed by atoms with Gasteiger partial charge in [-0.2, -0.15) is 5.10 Å². The van der Waals surface area contributed by atoms with Crippen molar-refractivity contribution in [3.63, 3.8) is 0 Å². The molecule has 1 aliphatic carbocycles. The minimum absolute atomic E-state index is 0.328. The van der Waals surface area contributed by atoms with Crippen molar-refractivity contribution in [3.8, 4) is 11.4 Å². The molecule has 1 atom stereocenters. The van der Waals surface area contributed by atoms with E-state index in [0.29, 0.717) is 22.9 Å². The van der Waals surface area contributed by atoms with Crippen LogP contribution in [0.1, 0.15) is 43.2 Å². The van der Waals surface area contributed by atoms with Crippen LogP contribution in [0.3, 0.4) is 0 Å². The molecule has 6 nitrogen and oxygen atoms in total. The summed E-state index contributed by atoms with van der Waals surface area (Å²) in [6, 6.07) is 8.31. The van der Waals surface area contributed by atoms with E-state index >= 15 is 0 Å². The van der Waals surface area contributed by atoms with Crippen LogP contribution in [0.5, 0.6) is 0 Å². The lowest BCUT2D eigenvalue weighted by atomic mass is 9.72. The third-order valence-corrected chi connectivity index (χ3v) is 8.13. The molecule has 4 heterocycles. The molecule has 8 heteroatoms. The largest absolute Gasteiger partial charge is 0.267 e. The Morgan fingerprint density at radius 2 is 2.00 bits per heavy atom. The van der Waals surface area contributed by atoms with Crippen molar-refractivity contribution < 1.29 is 0 Å². The highest BCUT2D eigenvalue weighted by Gasteiger charge is 2.31. The maximum atomic E-state index is 5.97. The van der Waals surface area contributed by atoms with Crippen LogP contribution in [0, 0.1) is 11.3 Å². The van der Waals surface area contributed by atoms with Crippen molar-refractivity contribution in [2.24, 2.45) is 11.3 Å². The van der Waals surface area contributed by atoms with Gasteiger partial charge in [-0.3, -0.25) is 4.68 Å². The molecule has 0 fully saturated rings. The summed E-state index contributed by atoms with van der Waals surface area (Å²) in [6.45, 7) is 7.73. The standard InChI is InChI=1S/C25H25ClN6S/c1-25(2,3)17-8-9-19-20(10-17)33-24-21(19)23-29-22(30-32(23)14-27-24)16-6-4-15(5-7-16)12-31-13-18(26)11-28-31/h4-7,11,13-14,17H,8-10,12H2,1-3H3. The van der Waals surface area contributed by atoms with Crippen LogP contribution in [-0.2, 0) is 19.4 Å². The second-order valence-corrected chi connectivity index (χ2v) is 11.5. The Morgan fingerprint density at radius 3 is 2.73 bits per heavy atom. The Kier molecular flexibility index (Phi) is 4.82. The van der Waals surface area contributed by atoms with Crippen LogP contribution < -0.4 is 0 Å². The average molecular weight is 477 g/mol. The minimum atomic E-state index is 0.328. The van der Waals surface area contributed by atoms with E-state index in [0.717, 1.165) is 40.3 Å². The minimum Gasteiger partial charge on any atom is -0.267 e. The van der Waals surface area contributed by atoms with Crippen molar-refractivity contribution in [3.05, 3.63) is 64.0 Å². The first-order chi connectivity index (χ1) is 15.8. The van der Waals surface area contributed by atoms with Gasteiger partial charge in [0.2, 0.25) is 0 Å². The molecule has 0 amide bonds. The summed E-state index contributed by atoms with van der Waals surface area (Å²) in [5, 5.41) is 10.8. The van der Waals surface area contributed by atoms with Crippen molar-refractivity contribution >= 4 is 38.8 Å². The fraction of sp³-hybridized carbons (Fsp3) is 0.360. The van der Waals surface area contributed by atoms with Gasteiger partial charge in [0.25, 0.3) is 0 Å². The highest BCUT2D eigenvalue weighted by molar-refractivity contribution is 7.19. The van der Waals surface area contributed by atoms with Crippen LogP contribution in [-0.4, -0.2) is 29.4 Å². The van der Waals surface area contributed by atoms with Gasteiger partial charge in [0.05, 0.1) is 23.2 Å². The molecule has 1 aliphatic rings. The molecule has 5 aromatic rings. The third-order valence-electron chi connectivity index (χ3n) is 6.77. The first-order valence-corrected chi connectivity index (χ1v) is 12.5. The molecule has 0 aliphatic heterocycles. The van der Waals surface area contributed by atoms with E-state index < -0.39 is 0 Å². The van der Waals surface area contributed by atoms with Crippen molar-refractivity contribution in [1.82, 2.24) is 29.4 Å². The zero-order chi connectivity index (χ0) is 22.7. The number of hydrogen-bond donors (Lipinski definition) is 0. The van der Waals surface area contributed by atoms with Crippen LogP contribution in [0.25, 0.3) is 27.3 Å². The number of thiophene rings is 1. The number of rotatable bonds is 3. The van der Waals surface area contributed by atoms with Gasteiger partial charge in [-0.05, 0) is 41.7 Å². The highest BCUT2D eigenvalue weighted by atomic mass is 35.5. The average Bonchev–Trinajstić information content (AvgIpc) is 3.48. The number of nitrogens with zero attached hydrogens (tertiary/aromatic N) is 6. The molecule has 0 spiro atoms. The highest BCUT2D eigenvalue weighted by Crippen LogP contribution is 2.43. The van der Waals surface area contributed by atoms with Gasteiger partial charge in [-0.1, -0.05) is 56.6 Å². The molecular weight excluding hydrogens is 452 g/mol. The van der Waals surface area contributed by atoms with Gasteiger partial charge in [0.15, 0.2) is 11.5 Å². The van der Waals surface area contributed by atoms with Crippen LogP contribution in [0.4, 0.5) is 0 Å². The molecule has 0 saturated heterocycles. The first kappa shape index (κ1) is 20.8. The van der Waals surface area contributed by atoms with Gasteiger partial charge in [0.1, 0.15) is 11.2 Å². The number of fused-ring (bicyclic) bond motifs is 5. The summed E-state index contributed by atoms with van der Waals surface area (Å²) in [6.07, 6.45) is 8.71. The zero-order valence-electron chi connectivity index (χ0n) is 18.9. The molecule has 1 aromatic carbocycles. The van der Waals surface area contributed by atoms with Crippen molar-refractivity contribution in [2.45, 2.75) is 46.6 Å². The summed E-state index contributed by atoms with van der Waals surface area (Å²) in [7, 11) is 0. The van der Waals surface area contributed by atoms with Crippen LogP contribution >= 0.6 is 22.9 Å². The number of aromatic nitrogens is 6. The van der Waals surface area contributed by atoms with E-state index in [2.05, 4.69) is 50.1 Å². The fourth-order valence-corrected chi connectivity index (χ4v) is 6.22. The summed E-state index contributed by atoms with van der Waals surface area (Å²) >= 11 is 7.80. The lowest BCUT2D eigenvalue weighted by molar-refractivity contribution is 0.218. The van der Waals surface area contributed by atoms with E-state index in [1.807, 2.05) is 26.7 Å². The Balaban J connectivity index is 1.34. The Hall–Kier alpha value is -2.77. The summed E-state index contributed by atoms with van der Waals surface area (Å²) in [5.41, 5.74) is 4.81. The molecule has 1 unspecified atom stereocenters. The molecule has 168 valence electrons. The van der Waals surface area contributed by atoms with E-state index in [-0.39, 0.29) is 0 Å². The Labute approximate surface area is 201 Å². The Bertz CT molecular complexity index is 1470. The van der Waals surface area contributed by atoms with E-state index in [4.69, 9.17) is 26.7 Å². The monoisotopic (exact) mass is 476 g/mol. The molecule has 0 N–H and O–H groups in total. The normalized spacial score (nSPS) is 16.5. The Morgan fingerprint density at radius 1 is 1.18 bits per heavy atom. The number of halogens is 1. The predicted octanol–water partition coefficient (Wildman–Crippen LogP) is 6.06. The zero-order valence-corrected chi connectivity index (χ0v) is 20.5. The number of hydrogen-bond acceptors (Lipinski definition) is 5. The van der Waals surface area contributed by atoms with Gasteiger partial charge < -0.3 is 0 Å². The van der Waals surface area contributed by atoms with Crippen LogP contribution in [0.2, 0.25) is 5.02 Å². The molecule has 0 radical (unpaired) electrons. The first-order valence-electron chi connectivity index (χ1n) is 11.3. The maximum absolute atomic E-state index is 5.97. The second kappa shape index (κ2) is 7.64.